The Hall–Kier alpha value is -1.00. The predicted octanol–water partition coefficient (Wildman–Crippen LogP) is 0.628. The van der Waals surface area contributed by atoms with Crippen LogP contribution in [-0.4, -0.2) is 46.6 Å². The fourth-order valence-corrected chi connectivity index (χ4v) is 4.39. The first-order valence-corrected chi connectivity index (χ1v) is 6.61. The van der Waals surface area contributed by atoms with Crippen molar-refractivity contribution in [3.8, 4) is 0 Å². The number of hydrogen-bond donors (Lipinski definition) is 1. The van der Waals surface area contributed by atoms with Gasteiger partial charge >= 0.3 is 0 Å². The molecule has 3 saturated heterocycles. The molecule has 3 aliphatic rings. The van der Waals surface area contributed by atoms with E-state index in [-0.39, 0.29) is 0 Å². The van der Waals surface area contributed by atoms with Crippen LogP contribution in [0, 0.1) is 5.92 Å². The molecular weight excluding hydrogens is 212 g/mol. The van der Waals surface area contributed by atoms with E-state index in [1.54, 1.807) is 6.33 Å². The van der Waals surface area contributed by atoms with Gasteiger partial charge in [-0.25, -0.2) is 9.97 Å². The Morgan fingerprint density at radius 1 is 1.35 bits per heavy atom. The molecule has 4 atom stereocenters. The van der Waals surface area contributed by atoms with Crippen LogP contribution in [0.15, 0.2) is 18.7 Å². The third-order valence-electron chi connectivity index (χ3n) is 5.01. The first-order valence-electron chi connectivity index (χ1n) is 6.61. The van der Waals surface area contributed by atoms with Crippen molar-refractivity contribution in [2.45, 2.75) is 24.3 Å². The molecular formula is C13H18N4. The number of hydrogen-bond acceptors (Lipinski definition) is 4. The summed E-state index contributed by atoms with van der Waals surface area (Å²) in [5.41, 5.74) is 1.72. The Balaban J connectivity index is 1.78. The molecule has 4 rings (SSSR count). The second-order valence-electron chi connectivity index (χ2n) is 5.67. The summed E-state index contributed by atoms with van der Waals surface area (Å²) in [6.07, 6.45) is 8.32. The van der Waals surface area contributed by atoms with Crippen molar-refractivity contribution in [1.29, 1.82) is 0 Å². The van der Waals surface area contributed by atoms with Gasteiger partial charge in [-0.1, -0.05) is 0 Å². The van der Waals surface area contributed by atoms with Crippen molar-refractivity contribution < 1.29 is 0 Å². The van der Waals surface area contributed by atoms with Gasteiger partial charge < -0.3 is 5.32 Å². The molecule has 4 heteroatoms. The third kappa shape index (κ3) is 1.25. The predicted molar refractivity (Wildman–Crippen MR) is 64.7 cm³/mol. The van der Waals surface area contributed by atoms with Gasteiger partial charge in [-0.3, -0.25) is 4.90 Å². The molecule has 90 valence electrons. The molecule has 1 aromatic heterocycles. The molecule has 4 heterocycles. The molecule has 1 N–H and O–H groups in total. The summed E-state index contributed by atoms with van der Waals surface area (Å²) in [6, 6.07) is 0. The summed E-state index contributed by atoms with van der Waals surface area (Å²) in [5.74, 6) is 1.47. The van der Waals surface area contributed by atoms with Gasteiger partial charge in [-0.15, -0.1) is 0 Å². The number of nitrogens with one attached hydrogen (secondary N) is 1. The summed E-state index contributed by atoms with van der Waals surface area (Å²) in [6.45, 7) is 4.87. The molecule has 3 unspecified atom stereocenters. The first kappa shape index (κ1) is 9.97. The zero-order chi connectivity index (χ0) is 11.3. The van der Waals surface area contributed by atoms with Crippen LogP contribution in [-0.2, 0) is 0 Å². The number of piperidine rings is 1. The van der Waals surface area contributed by atoms with Crippen LogP contribution in [0.2, 0.25) is 0 Å². The van der Waals surface area contributed by atoms with Crippen molar-refractivity contribution in [3.05, 3.63) is 24.3 Å². The summed E-state index contributed by atoms with van der Waals surface area (Å²) >= 11 is 0. The Kier molecular flexibility index (Phi) is 2.05. The van der Waals surface area contributed by atoms with E-state index in [9.17, 15) is 0 Å². The van der Waals surface area contributed by atoms with E-state index in [4.69, 9.17) is 0 Å². The minimum absolute atomic E-state index is 0.369. The lowest BCUT2D eigenvalue weighted by molar-refractivity contribution is 0.130. The number of aromatic nitrogens is 2. The van der Waals surface area contributed by atoms with E-state index >= 15 is 0 Å². The van der Waals surface area contributed by atoms with Gasteiger partial charge in [0.1, 0.15) is 6.33 Å². The Labute approximate surface area is 101 Å². The van der Waals surface area contributed by atoms with E-state index in [0.29, 0.717) is 11.5 Å². The highest BCUT2D eigenvalue weighted by Gasteiger charge is 2.58. The molecule has 0 aliphatic carbocycles. The van der Waals surface area contributed by atoms with Gasteiger partial charge in [0, 0.05) is 36.9 Å². The molecule has 2 bridgehead atoms. The zero-order valence-electron chi connectivity index (χ0n) is 9.97. The molecule has 3 aliphatic heterocycles. The lowest BCUT2D eigenvalue weighted by atomic mass is 9.72. The normalized spacial score (nSPS) is 43.6. The van der Waals surface area contributed by atoms with Crippen molar-refractivity contribution >= 4 is 0 Å². The van der Waals surface area contributed by atoms with Gasteiger partial charge in [0.15, 0.2) is 0 Å². The number of nitrogens with zero attached hydrogens (tertiary/aromatic N) is 3. The zero-order valence-corrected chi connectivity index (χ0v) is 9.97. The smallest absolute Gasteiger partial charge is 0.115 e. The summed E-state index contributed by atoms with van der Waals surface area (Å²) in [7, 11) is 0. The van der Waals surface area contributed by atoms with Crippen LogP contribution in [0.5, 0.6) is 0 Å². The van der Waals surface area contributed by atoms with Crippen molar-refractivity contribution in [2.24, 2.45) is 5.92 Å². The lowest BCUT2D eigenvalue weighted by Crippen LogP contribution is -2.50. The Morgan fingerprint density at radius 3 is 3.00 bits per heavy atom. The third-order valence-corrected chi connectivity index (χ3v) is 5.01. The SMILES string of the molecule is c1ncc(C2C3CC[N@](C3)C23CCNC3)cn1. The molecule has 0 radical (unpaired) electrons. The molecule has 4 nitrogen and oxygen atoms in total. The molecule has 1 aromatic rings. The van der Waals surface area contributed by atoms with Crippen molar-refractivity contribution in [2.75, 3.05) is 26.2 Å². The second kappa shape index (κ2) is 3.50. The van der Waals surface area contributed by atoms with Crippen LogP contribution >= 0.6 is 0 Å². The largest absolute Gasteiger partial charge is 0.315 e. The monoisotopic (exact) mass is 230 g/mol. The molecule has 17 heavy (non-hydrogen) atoms. The quantitative estimate of drug-likeness (QED) is 0.768. The summed E-state index contributed by atoms with van der Waals surface area (Å²) < 4.78 is 0. The summed E-state index contributed by atoms with van der Waals surface area (Å²) in [5, 5.41) is 3.56. The highest BCUT2D eigenvalue weighted by molar-refractivity contribution is 5.27. The minimum atomic E-state index is 0.369. The standard InChI is InChI=1S/C13H18N4/c1-4-17-7-10(1)12(11-5-15-9-16-6-11)13(17)2-3-14-8-13/h5-6,9-10,12,14H,1-4,7-8H2. The van der Waals surface area contributed by atoms with Crippen molar-refractivity contribution in [1.82, 2.24) is 20.2 Å². The Bertz CT molecular complexity index is 413. The van der Waals surface area contributed by atoms with Crippen LogP contribution in [0.25, 0.3) is 0 Å². The maximum absolute atomic E-state index is 4.22. The maximum atomic E-state index is 4.22. The fraction of sp³-hybridized carbons (Fsp3) is 0.692. The van der Waals surface area contributed by atoms with E-state index in [2.05, 4.69) is 20.2 Å². The van der Waals surface area contributed by atoms with Crippen LogP contribution in [0.3, 0.4) is 0 Å². The van der Waals surface area contributed by atoms with E-state index in [1.165, 1.54) is 31.5 Å². The van der Waals surface area contributed by atoms with E-state index in [1.807, 2.05) is 12.4 Å². The molecule has 0 saturated carbocycles. The van der Waals surface area contributed by atoms with Gasteiger partial charge in [0.2, 0.25) is 0 Å². The number of rotatable bonds is 1. The van der Waals surface area contributed by atoms with Crippen molar-refractivity contribution in [3.63, 3.8) is 0 Å². The molecule has 0 amide bonds. The molecule has 1 spiro atoms. The van der Waals surface area contributed by atoms with Gasteiger partial charge in [0.05, 0.1) is 0 Å². The second-order valence-corrected chi connectivity index (χ2v) is 5.67. The number of fused-ring (bicyclic) bond motifs is 3. The molecule has 3 fully saturated rings. The highest BCUT2D eigenvalue weighted by atomic mass is 15.3. The Morgan fingerprint density at radius 2 is 2.24 bits per heavy atom. The van der Waals surface area contributed by atoms with Crippen LogP contribution in [0.4, 0.5) is 0 Å². The highest BCUT2D eigenvalue weighted by Crippen LogP contribution is 2.53. The first-order chi connectivity index (χ1) is 8.40. The molecule has 0 aromatic carbocycles. The van der Waals surface area contributed by atoms with Crippen LogP contribution in [0.1, 0.15) is 24.3 Å². The summed E-state index contributed by atoms with van der Waals surface area (Å²) in [4.78, 5) is 11.2. The van der Waals surface area contributed by atoms with E-state index < -0.39 is 0 Å². The van der Waals surface area contributed by atoms with Gasteiger partial charge in [-0.2, -0.15) is 0 Å². The maximum Gasteiger partial charge on any atom is 0.115 e. The van der Waals surface area contributed by atoms with E-state index in [0.717, 1.165) is 19.0 Å². The topological polar surface area (TPSA) is 41.1 Å². The lowest BCUT2D eigenvalue weighted by Gasteiger charge is -2.42. The van der Waals surface area contributed by atoms with Gasteiger partial charge in [-0.05, 0) is 37.4 Å². The van der Waals surface area contributed by atoms with Gasteiger partial charge in [0.25, 0.3) is 0 Å². The minimum Gasteiger partial charge on any atom is -0.315 e. The van der Waals surface area contributed by atoms with Crippen LogP contribution < -0.4 is 5.32 Å². The average molecular weight is 230 g/mol. The fourth-order valence-electron chi connectivity index (χ4n) is 4.39. The average Bonchev–Trinajstić information content (AvgIpc) is 3.06.